The Bertz CT molecular complexity index is 1130. The molecule has 184 valence electrons. The minimum absolute atomic E-state index is 0.0937. The molecule has 2 aromatic carbocycles. The lowest BCUT2D eigenvalue weighted by molar-refractivity contribution is -0.384. The zero-order valence-electron chi connectivity index (χ0n) is 19.9. The van der Waals surface area contributed by atoms with Crippen molar-refractivity contribution in [3.8, 4) is 0 Å². The number of nitro benzene ring substituents is 1. The number of rotatable bonds is 12. The fourth-order valence-corrected chi connectivity index (χ4v) is 4.52. The van der Waals surface area contributed by atoms with Crippen molar-refractivity contribution in [2.45, 2.75) is 26.4 Å². The van der Waals surface area contributed by atoms with Crippen molar-refractivity contribution in [1.29, 1.82) is 0 Å². The van der Waals surface area contributed by atoms with Gasteiger partial charge in [-0.15, -0.1) is 11.3 Å². The minimum atomic E-state index is -0.512. The van der Waals surface area contributed by atoms with Crippen LogP contribution in [-0.2, 0) is 22.6 Å². The molecular formula is C26H29N3O5S. The molecule has 0 unspecified atom stereocenters. The Morgan fingerprint density at radius 3 is 2.29 bits per heavy atom. The van der Waals surface area contributed by atoms with Gasteiger partial charge in [-0.05, 0) is 43.2 Å². The zero-order chi connectivity index (χ0) is 25.2. The normalized spacial score (nSPS) is 10.7. The zero-order valence-corrected chi connectivity index (χ0v) is 20.7. The van der Waals surface area contributed by atoms with Crippen LogP contribution in [0.15, 0.2) is 66.7 Å². The maximum Gasteiger partial charge on any atom is 0.269 e. The third-order valence-electron chi connectivity index (χ3n) is 5.43. The number of hydrogen-bond acceptors (Lipinski definition) is 6. The number of nitro groups is 1. The molecule has 0 spiro atoms. The summed E-state index contributed by atoms with van der Waals surface area (Å²) < 4.78 is 5.13. The number of carbonyl (C=O) groups is 2. The number of amides is 2. The van der Waals surface area contributed by atoms with E-state index in [0.29, 0.717) is 38.2 Å². The lowest BCUT2D eigenvalue weighted by atomic mass is 10.1. The molecule has 0 saturated carbocycles. The molecule has 0 fully saturated rings. The van der Waals surface area contributed by atoms with Crippen LogP contribution in [0.1, 0.15) is 32.1 Å². The quantitative estimate of drug-likeness (QED) is 0.207. The highest BCUT2D eigenvalue weighted by molar-refractivity contribution is 7.11. The Hall–Kier alpha value is -3.56. The van der Waals surface area contributed by atoms with Gasteiger partial charge in [-0.25, -0.2) is 0 Å². The van der Waals surface area contributed by atoms with Gasteiger partial charge in [0, 0.05) is 54.3 Å². The Balaban J connectivity index is 1.80. The molecule has 0 aliphatic heterocycles. The molecule has 0 radical (unpaired) electrons. The fourth-order valence-electron chi connectivity index (χ4n) is 3.62. The van der Waals surface area contributed by atoms with Crippen LogP contribution in [0.25, 0.3) is 0 Å². The van der Waals surface area contributed by atoms with Gasteiger partial charge in [0.2, 0.25) is 5.91 Å². The maximum atomic E-state index is 13.5. The van der Waals surface area contributed by atoms with Crippen molar-refractivity contribution in [2.24, 2.45) is 0 Å². The van der Waals surface area contributed by atoms with Crippen molar-refractivity contribution in [2.75, 3.05) is 26.8 Å². The highest BCUT2D eigenvalue weighted by atomic mass is 32.1. The van der Waals surface area contributed by atoms with Crippen molar-refractivity contribution in [3.63, 3.8) is 0 Å². The van der Waals surface area contributed by atoms with Crippen LogP contribution in [0.2, 0.25) is 0 Å². The first kappa shape index (κ1) is 26.1. The van der Waals surface area contributed by atoms with Gasteiger partial charge in [0.05, 0.1) is 11.5 Å². The van der Waals surface area contributed by atoms with Crippen LogP contribution in [0.3, 0.4) is 0 Å². The van der Waals surface area contributed by atoms with Gasteiger partial charge in [0.25, 0.3) is 11.6 Å². The van der Waals surface area contributed by atoms with E-state index in [9.17, 15) is 19.7 Å². The lowest BCUT2D eigenvalue weighted by Crippen LogP contribution is -2.43. The number of thiophene rings is 1. The SMILES string of the molecule is COCCCN(CC(=O)N(Cc1ccccc1)Cc1ccc(C)s1)C(=O)c1ccc([N+](=O)[O-])cc1. The summed E-state index contributed by atoms with van der Waals surface area (Å²) in [5.41, 5.74) is 1.20. The number of methoxy groups -OCH3 is 1. The molecule has 35 heavy (non-hydrogen) atoms. The number of nitrogens with zero attached hydrogens (tertiary/aromatic N) is 3. The second kappa shape index (κ2) is 12.8. The van der Waals surface area contributed by atoms with Gasteiger partial charge in [-0.1, -0.05) is 30.3 Å². The topological polar surface area (TPSA) is 93.0 Å². The standard InChI is InChI=1S/C26H29N3O5S/c1-20-9-14-24(35-20)18-28(17-21-7-4-3-5-8-21)25(30)19-27(15-6-16-34-2)26(31)22-10-12-23(13-11-22)29(32)33/h3-5,7-14H,6,15-19H2,1-2H3. The maximum absolute atomic E-state index is 13.5. The van der Waals surface area contributed by atoms with Gasteiger partial charge in [0.15, 0.2) is 0 Å². The molecule has 1 heterocycles. The third kappa shape index (κ3) is 7.73. The molecule has 0 N–H and O–H groups in total. The molecule has 0 aliphatic carbocycles. The smallest absolute Gasteiger partial charge is 0.269 e. The molecule has 3 aromatic rings. The Kier molecular flexibility index (Phi) is 9.51. The van der Waals surface area contributed by atoms with E-state index in [2.05, 4.69) is 0 Å². The second-order valence-corrected chi connectivity index (χ2v) is 9.50. The van der Waals surface area contributed by atoms with Gasteiger partial charge in [-0.2, -0.15) is 0 Å². The monoisotopic (exact) mass is 495 g/mol. The van der Waals surface area contributed by atoms with E-state index in [4.69, 9.17) is 4.74 Å². The number of carbonyl (C=O) groups excluding carboxylic acids is 2. The van der Waals surface area contributed by atoms with Crippen LogP contribution in [0.4, 0.5) is 5.69 Å². The Morgan fingerprint density at radius 1 is 0.971 bits per heavy atom. The molecule has 2 amide bonds. The first-order chi connectivity index (χ1) is 16.9. The average Bonchev–Trinajstić information content (AvgIpc) is 3.27. The summed E-state index contributed by atoms with van der Waals surface area (Å²) in [6.07, 6.45) is 0.561. The Morgan fingerprint density at radius 2 is 1.69 bits per heavy atom. The van der Waals surface area contributed by atoms with Gasteiger partial charge < -0.3 is 14.5 Å². The molecule has 3 rings (SSSR count). The van der Waals surface area contributed by atoms with E-state index in [1.165, 1.54) is 34.0 Å². The van der Waals surface area contributed by atoms with E-state index in [1.54, 1.807) is 23.3 Å². The molecule has 8 nitrogen and oxygen atoms in total. The number of benzene rings is 2. The number of hydrogen-bond donors (Lipinski definition) is 0. The molecular weight excluding hydrogens is 466 g/mol. The highest BCUT2D eigenvalue weighted by Crippen LogP contribution is 2.20. The van der Waals surface area contributed by atoms with E-state index in [1.807, 2.05) is 49.4 Å². The van der Waals surface area contributed by atoms with Crippen LogP contribution < -0.4 is 0 Å². The molecule has 0 bridgehead atoms. The summed E-state index contributed by atoms with van der Waals surface area (Å²) in [5, 5.41) is 11.0. The fraction of sp³-hybridized carbons (Fsp3) is 0.308. The molecule has 0 saturated heterocycles. The summed E-state index contributed by atoms with van der Waals surface area (Å²) in [7, 11) is 1.58. The summed E-state index contributed by atoms with van der Waals surface area (Å²) in [6, 6.07) is 19.2. The van der Waals surface area contributed by atoms with E-state index in [-0.39, 0.29) is 24.0 Å². The van der Waals surface area contributed by atoms with Gasteiger partial charge in [0.1, 0.15) is 6.54 Å². The number of non-ortho nitro benzene ring substituents is 1. The largest absolute Gasteiger partial charge is 0.385 e. The minimum Gasteiger partial charge on any atom is -0.385 e. The lowest BCUT2D eigenvalue weighted by Gasteiger charge is -2.28. The van der Waals surface area contributed by atoms with Crippen molar-refractivity contribution in [3.05, 3.63) is 97.7 Å². The Labute approximate surface area is 208 Å². The predicted octanol–water partition coefficient (Wildman–Crippen LogP) is 4.67. The van der Waals surface area contributed by atoms with E-state index >= 15 is 0 Å². The predicted molar refractivity (Wildman–Crippen MR) is 135 cm³/mol. The first-order valence-corrected chi connectivity index (χ1v) is 12.1. The van der Waals surface area contributed by atoms with Gasteiger partial charge in [-0.3, -0.25) is 19.7 Å². The molecule has 0 aliphatic rings. The van der Waals surface area contributed by atoms with Gasteiger partial charge >= 0.3 is 0 Å². The van der Waals surface area contributed by atoms with Crippen LogP contribution in [-0.4, -0.2) is 53.3 Å². The number of ether oxygens (including phenoxy) is 1. The summed E-state index contributed by atoms with van der Waals surface area (Å²) in [4.78, 5) is 42.7. The third-order valence-corrected chi connectivity index (χ3v) is 6.41. The summed E-state index contributed by atoms with van der Waals surface area (Å²) >= 11 is 1.64. The van der Waals surface area contributed by atoms with Crippen molar-refractivity contribution < 1.29 is 19.2 Å². The number of aryl methyl sites for hydroxylation is 1. The van der Waals surface area contributed by atoms with Crippen molar-refractivity contribution in [1.82, 2.24) is 9.80 Å². The van der Waals surface area contributed by atoms with Crippen LogP contribution >= 0.6 is 11.3 Å². The van der Waals surface area contributed by atoms with E-state index < -0.39 is 4.92 Å². The average molecular weight is 496 g/mol. The first-order valence-electron chi connectivity index (χ1n) is 11.3. The van der Waals surface area contributed by atoms with Crippen LogP contribution in [0.5, 0.6) is 0 Å². The molecule has 9 heteroatoms. The second-order valence-electron chi connectivity index (χ2n) is 8.12. The summed E-state index contributed by atoms with van der Waals surface area (Å²) in [6.45, 7) is 3.57. The highest BCUT2D eigenvalue weighted by Gasteiger charge is 2.23. The molecule has 0 atom stereocenters. The molecule has 1 aromatic heterocycles. The van der Waals surface area contributed by atoms with Crippen LogP contribution in [0, 0.1) is 17.0 Å². The van der Waals surface area contributed by atoms with Crippen molar-refractivity contribution >= 4 is 28.8 Å². The summed E-state index contributed by atoms with van der Waals surface area (Å²) in [5.74, 6) is -0.524. The van der Waals surface area contributed by atoms with E-state index in [0.717, 1.165) is 10.4 Å².